The molecule has 0 unspecified atom stereocenters. The van der Waals surface area contributed by atoms with E-state index in [1.54, 1.807) is 23.1 Å². The van der Waals surface area contributed by atoms with Crippen LogP contribution in [0.15, 0.2) is 65.6 Å². The zero-order valence-electron chi connectivity index (χ0n) is 18.0. The van der Waals surface area contributed by atoms with Gasteiger partial charge in [-0.05, 0) is 35.0 Å². The summed E-state index contributed by atoms with van der Waals surface area (Å²) in [6.07, 6.45) is -0.146. The molecule has 3 aromatic carbocycles. The molecule has 0 radical (unpaired) electrons. The van der Waals surface area contributed by atoms with Crippen molar-refractivity contribution in [1.29, 1.82) is 0 Å². The maximum atomic E-state index is 14.2. The van der Waals surface area contributed by atoms with Crippen LogP contribution in [0.4, 0.5) is 14.5 Å². The van der Waals surface area contributed by atoms with Gasteiger partial charge in [-0.3, -0.25) is 14.5 Å². The molecule has 2 aliphatic heterocycles. The summed E-state index contributed by atoms with van der Waals surface area (Å²) in [6, 6.07) is 14.3. The van der Waals surface area contributed by atoms with Crippen molar-refractivity contribution >= 4 is 38.3 Å². The first-order valence-electron chi connectivity index (χ1n) is 10.8. The monoisotopic (exact) mass is 485 g/mol. The predicted octanol–water partition coefficient (Wildman–Crippen LogP) is 2.76. The number of piperazine rings is 1. The maximum absolute atomic E-state index is 14.2. The van der Waals surface area contributed by atoms with E-state index >= 15 is 0 Å². The topological polar surface area (TPSA) is 78.0 Å². The number of sulfonamides is 1. The van der Waals surface area contributed by atoms with E-state index in [4.69, 9.17) is 0 Å². The second-order valence-electron chi connectivity index (χ2n) is 8.33. The van der Waals surface area contributed by atoms with Gasteiger partial charge in [-0.25, -0.2) is 22.1 Å². The number of hydrogen-bond acceptors (Lipinski definition) is 5. The zero-order valence-corrected chi connectivity index (χ0v) is 18.8. The number of carbonyl (C=O) groups is 2. The minimum atomic E-state index is -3.73. The standard InChI is InChI=1S/C24H21F2N3O4S/c25-18-6-8-21(20(26)14-18)29-23(30)15-22(24(29)31)27-9-11-28(12-10-27)34(32,33)19-7-5-16-3-1-2-4-17(16)13-19/h1-8,13-14,22H,9-12,15H2/t22-/m0/s1. The summed E-state index contributed by atoms with van der Waals surface area (Å²) in [7, 11) is -3.73. The van der Waals surface area contributed by atoms with E-state index in [0.29, 0.717) is 6.07 Å². The summed E-state index contributed by atoms with van der Waals surface area (Å²) in [4.78, 5) is 28.1. The Balaban J connectivity index is 1.30. The second-order valence-corrected chi connectivity index (χ2v) is 10.3. The van der Waals surface area contributed by atoms with E-state index in [0.717, 1.165) is 27.8 Å². The molecule has 0 bridgehead atoms. The fourth-order valence-corrected chi connectivity index (χ4v) is 6.01. The van der Waals surface area contributed by atoms with Crippen LogP contribution in [-0.4, -0.2) is 61.7 Å². The average Bonchev–Trinajstić information content (AvgIpc) is 3.12. The highest BCUT2D eigenvalue weighted by molar-refractivity contribution is 7.89. The molecule has 176 valence electrons. The van der Waals surface area contributed by atoms with E-state index < -0.39 is 39.5 Å². The fourth-order valence-electron chi connectivity index (χ4n) is 4.55. The van der Waals surface area contributed by atoms with Crippen molar-refractivity contribution in [3.63, 3.8) is 0 Å². The van der Waals surface area contributed by atoms with Gasteiger partial charge in [0.05, 0.1) is 23.0 Å². The number of carbonyl (C=O) groups excluding carboxylic acids is 2. The summed E-state index contributed by atoms with van der Waals surface area (Å²) in [5.74, 6) is -2.97. The first-order chi connectivity index (χ1) is 16.3. The Morgan fingerprint density at radius 1 is 0.824 bits per heavy atom. The third-order valence-corrected chi connectivity index (χ3v) is 8.24. The van der Waals surface area contributed by atoms with Crippen LogP contribution in [0.25, 0.3) is 10.8 Å². The van der Waals surface area contributed by atoms with Crippen LogP contribution < -0.4 is 4.90 Å². The lowest BCUT2D eigenvalue weighted by Gasteiger charge is -2.36. The summed E-state index contributed by atoms with van der Waals surface area (Å²) in [5.41, 5.74) is -0.281. The van der Waals surface area contributed by atoms with Crippen molar-refractivity contribution in [3.8, 4) is 0 Å². The summed E-state index contributed by atoms with van der Waals surface area (Å²) in [5, 5.41) is 1.77. The summed E-state index contributed by atoms with van der Waals surface area (Å²) >= 11 is 0. The van der Waals surface area contributed by atoms with Crippen LogP contribution >= 0.6 is 0 Å². The van der Waals surface area contributed by atoms with Crippen molar-refractivity contribution in [2.24, 2.45) is 0 Å². The molecule has 2 heterocycles. The first-order valence-corrected chi connectivity index (χ1v) is 12.2. The SMILES string of the molecule is O=C1C[C@H](N2CCN(S(=O)(=O)c3ccc4ccccc4c3)CC2)C(=O)N1c1ccc(F)cc1F. The molecule has 2 saturated heterocycles. The van der Waals surface area contributed by atoms with Crippen molar-refractivity contribution in [3.05, 3.63) is 72.3 Å². The number of benzene rings is 3. The van der Waals surface area contributed by atoms with Gasteiger partial charge in [0, 0.05) is 32.2 Å². The van der Waals surface area contributed by atoms with E-state index in [2.05, 4.69) is 0 Å². The molecular weight excluding hydrogens is 464 g/mol. The Morgan fingerprint density at radius 2 is 1.53 bits per heavy atom. The normalized spacial score (nSPS) is 20.4. The molecular formula is C24H21F2N3O4S. The van der Waals surface area contributed by atoms with Crippen LogP contribution in [0.1, 0.15) is 6.42 Å². The number of halogens is 2. The molecule has 10 heteroatoms. The lowest BCUT2D eigenvalue weighted by atomic mass is 10.1. The van der Waals surface area contributed by atoms with Gasteiger partial charge in [-0.1, -0.05) is 30.3 Å². The molecule has 0 spiro atoms. The molecule has 34 heavy (non-hydrogen) atoms. The number of nitrogens with zero attached hydrogens (tertiary/aromatic N) is 3. The molecule has 5 rings (SSSR count). The minimum Gasteiger partial charge on any atom is -0.289 e. The van der Waals surface area contributed by atoms with Crippen molar-refractivity contribution in [2.45, 2.75) is 17.4 Å². The van der Waals surface area contributed by atoms with E-state index in [1.165, 1.54) is 4.31 Å². The zero-order chi connectivity index (χ0) is 24.0. The fraction of sp³-hybridized carbons (Fsp3) is 0.250. The molecule has 2 amide bonds. The van der Waals surface area contributed by atoms with Gasteiger partial charge in [-0.2, -0.15) is 4.31 Å². The molecule has 2 fully saturated rings. The Bertz CT molecular complexity index is 1400. The van der Waals surface area contributed by atoms with Gasteiger partial charge < -0.3 is 0 Å². The van der Waals surface area contributed by atoms with Gasteiger partial charge >= 0.3 is 0 Å². The lowest BCUT2D eigenvalue weighted by Crippen LogP contribution is -2.53. The molecule has 1 atom stereocenters. The quantitative estimate of drug-likeness (QED) is 0.531. The van der Waals surface area contributed by atoms with Crippen molar-refractivity contribution in [1.82, 2.24) is 9.21 Å². The molecule has 0 saturated carbocycles. The lowest BCUT2D eigenvalue weighted by molar-refractivity contribution is -0.123. The van der Waals surface area contributed by atoms with Gasteiger partial charge in [0.15, 0.2) is 0 Å². The average molecular weight is 486 g/mol. The molecule has 0 aliphatic carbocycles. The third-order valence-electron chi connectivity index (χ3n) is 6.35. The molecule has 0 aromatic heterocycles. The van der Waals surface area contributed by atoms with Gasteiger partial charge in [0.25, 0.3) is 5.91 Å². The second kappa shape index (κ2) is 8.53. The number of imide groups is 1. The van der Waals surface area contributed by atoms with Crippen LogP contribution in [-0.2, 0) is 19.6 Å². The molecule has 7 nitrogen and oxygen atoms in total. The Hall–Kier alpha value is -3.21. The first kappa shape index (κ1) is 22.6. The summed E-state index contributed by atoms with van der Waals surface area (Å²) in [6.45, 7) is 0.794. The van der Waals surface area contributed by atoms with Crippen LogP contribution in [0.2, 0.25) is 0 Å². The van der Waals surface area contributed by atoms with Crippen molar-refractivity contribution in [2.75, 3.05) is 31.1 Å². The number of anilines is 1. The largest absolute Gasteiger partial charge is 0.289 e. The minimum absolute atomic E-state index is 0.146. The highest BCUT2D eigenvalue weighted by Gasteiger charge is 2.45. The third kappa shape index (κ3) is 3.87. The van der Waals surface area contributed by atoms with Gasteiger partial charge in [0.1, 0.15) is 11.6 Å². The van der Waals surface area contributed by atoms with E-state index in [9.17, 15) is 26.8 Å². The van der Waals surface area contributed by atoms with Crippen LogP contribution in [0.5, 0.6) is 0 Å². The summed E-state index contributed by atoms with van der Waals surface area (Å²) < 4.78 is 55.2. The molecule has 3 aromatic rings. The molecule has 0 N–H and O–H groups in total. The van der Waals surface area contributed by atoms with Crippen LogP contribution in [0, 0.1) is 11.6 Å². The smallest absolute Gasteiger partial charge is 0.251 e. The van der Waals surface area contributed by atoms with E-state index in [1.807, 2.05) is 24.3 Å². The molecule has 2 aliphatic rings. The maximum Gasteiger partial charge on any atom is 0.251 e. The predicted molar refractivity (Wildman–Crippen MR) is 122 cm³/mol. The van der Waals surface area contributed by atoms with E-state index in [-0.39, 0.29) is 43.2 Å². The van der Waals surface area contributed by atoms with Crippen LogP contribution in [0.3, 0.4) is 0 Å². The Morgan fingerprint density at radius 3 is 2.24 bits per heavy atom. The number of fused-ring (bicyclic) bond motifs is 1. The van der Waals surface area contributed by atoms with Gasteiger partial charge in [-0.15, -0.1) is 0 Å². The van der Waals surface area contributed by atoms with Crippen molar-refractivity contribution < 1.29 is 26.8 Å². The highest BCUT2D eigenvalue weighted by atomic mass is 32.2. The Labute approximate surface area is 195 Å². The number of hydrogen-bond donors (Lipinski definition) is 0. The Kier molecular flexibility index (Phi) is 5.67. The highest BCUT2D eigenvalue weighted by Crippen LogP contribution is 2.30. The number of rotatable bonds is 4. The van der Waals surface area contributed by atoms with Gasteiger partial charge in [0.2, 0.25) is 15.9 Å². The number of amides is 2.